The van der Waals surface area contributed by atoms with E-state index in [1.165, 1.54) is 60.3 Å². The number of primary amides is 1. The predicted molar refractivity (Wildman–Crippen MR) is 302 cm³/mol. The third-order valence-corrected chi connectivity index (χ3v) is 13.3. The Kier molecular flexibility index (Phi) is 30.0. The number of carbonyl (C=O) groups excluding carboxylic acids is 10. The molecule has 0 unspecified atom stereocenters. The van der Waals surface area contributed by atoms with E-state index in [9.17, 15) is 83.1 Å². The summed E-state index contributed by atoms with van der Waals surface area (Å²) in [6.45, 7) is 10.2. The molecular weight excluding hydrogens is 1110 g/mol. The van der Waals surface area contributed by atoms with Gasteiger partial charge in [0.1, 0.15) is 59.8 Å². The lowest BCUT2D eigenvalue weighted by Crippen LogP contribution is -2.62. The SMILES string of the molecule is CSCC[C@H](NC(=O)[C@@H](NC(=O)[C@H](CCC(=O)O)NC(=O)[C@H](Cc1ccc(O)cc1)NC(=O)[C@H](Cc1ccc(O)cc1)NC(=O)[C@@H](N)CC(C)C)C(C)C)C(=O)N[C@H](C(=O)N[C@H](C(=O)NCC(=O)N[C@@H](CC(N)=O)C(=O)O)[C@@H](C)O)C(C)C. The highest BCUT2D eigenvalue weighted by Gasteiger charge is 2.37. The number of carboxylic acid groups (broad SMARTS) is 2. The Hall–Kier alpha value is -8.05. The first-order valence-corrected chi connectivity index (χ1v) is 28.1. The number of hydrogen-bond donors (Lipinski definition) is 16. The molecule has 2 rings (SSSR count). The van der Waals surface area contributed by atoms with Crippen molar-refractivity contribution in [2.75, 3.05) is 18.6 Å². The van der Waals surface area contributed by atoms with Gasteiger partial charge in [0, 0.05) is 19.3 Å². The fourth-order valence-electron chi connectivity index (χ4n) is 8.04. The molecule has 28 nitrogen and oxygen atoms in total. The predicted octanol–water partition coefficient (Wildman–Crippen LogP) is -2.48. The van der Waals surface area contributed by atoms with Crippen molar-refractivity contribution in [2.45, 2.75) is 154 Å². The number of phenols is 2. The summed E-state index contributed by atoms with van der Waals surface area (Å²) in [5.74, 6) is -13.7. The summed E-state index contributed by atoms with van der Waals surface area (Å²) in [6.07, 6.45) is -1.95. The van der Waals surface area contributed by atoms with Gasteiger partial charge in [-0.3, -0.25) is 52.7 Å². The van der Waals surface area contributed by atoms with E-state index >= 15 is 0 Å². The summed E-state index contributed by atoms with van der Waals surface area (Å²) >= 11 is 1.30. The monoisotopic (exact) mass is 1190 g/mol. The molecule has 29 heteroatoms. The second-order valence-electron chi connectivity index (χ2n) is 21.0. The molecule has 2 aromatic rings. The van der Waals surface area contributed by atoms with Gasteiger partial charge in [0.05, 0.1) is 25.1 Å². The minimum Gasteiger partial charge on any atom is -0.508 e. The van der Waals surface area contributed by atoms with Crippen molar-refractivity contribution in [3.05, 3.63) is 59.7 Å². The standard InChI is InChI=1S/C54H81N11O17S/c1-26(2)21-34(55)46(73)61-37(22-30-9-13-32(67)14-10-30)50(77)62-38(23-31-11-15-33(68)16-12-31)49(76)59-35(17-18-42(71)72)47(74)63-43(27(3)4)52(79)60-36(19-20-83-8)48(75)64-44(28(5)6)53(80)65-45(29(7)66)51(78)57-25-41(70)58-39(54(81)82)24-40(56)69/h9-16,26-29,34-39,43-45,66-68H,17-25,55H2,1-8H3,(H2,56,69)(H,57,78)(H,58,70)(H,59,76)(H,60,79)(H,61,73)(H,62,77)(H,63,74)(H,64,75)(H,65,80)(H,71,72)(H,81,82)/t29-,34+,35+,36+,37+,38+,39+,43+,44+,45+/m1/s1. The third-order valence-electron chi connectivity index (χ3n) is 12.6. The van der Waals surface area contributed by atoms with Crippen LogP contribution in [0.15, 0.2) is 48.5 Å². The van der Waals surface area contributed by atoms with Gasteiger partial charge >= 0.3 is 11.9 Å². The molecule has 0 bridgehead atoms. The number of carbonyl (C=O) groups is 12. The van der Waals surface area contributed by atoms with Crippen molar-refractivity contribution in [3.63, 3.8) is 0 Å². The third kappa shape index (κ3) is 25.7. The quantitative estimate of drug-likeness (QED) is 0.0336. The van der Waals surface area contributed by atoms with Crippen LogP contribution < -0.4 is 59.3 Å². The lowest BCUT2D eigenvalue weighted by molar-refractivity contribution is -0.143. The zero-order valence-corrected chi connectivity index (χ0v) is 48.5. The molecule has 0 aliphatic rings. The van der Waals surface area contributed by atoms with Gasteiger partial charge in [-0.1, -0.05) is 65.8 Å². The highest BCUT2D eigenvalue weighted by Crippen LogP contribution is 2.16. The van der Waals surface area contributed by atoms with Crippen LogP contribution in [0.5, 0.6) is 11.5 Å². The van der Waals surface area contributed by atoms with Crippen LogP contribution in [0, 0.1) is 17.8 Å². The summed E-state index contributed by atoms with van der Waals surface area (Å²) in [4.78, 5) is 158. The normalized spacial score (nSPS) is 14.8. The van der Waals surface area contributed by atoms with Crippen molar-refractivity contribution in [1.29, 1.82) is 0 Å². The van der Waals surface area contributed by atoms with Crippen LogP contribution >= 0.6 is 11.8 Å². The Morgan fingerprint density at radius 3 is 1.34 bits per heavy atom. The van der Waals surface area contributed by atoms with Crippen LogP contribution in [-0.4, -0.2) is 176 Å². The first-order chi connectivity index (χ1) is 38.8. The number of aromatic hydroxyl groups is 2. The molecule has 0 aliphatic carbocycles. The first-order valence-electron chi connectivity index (χ1n) is 26.7. The number of thioether (sulfide) groups is 1. The highest BCUT2D eigenvalue weighted by molar-refractivity contribution is 7.98. The molecule has 2 aromatic carbocycles. The lowest BCUT2D eigenvalue weighted by Gasteiger charge is -2.30. The Morgan fingerprint density at radius 2 is 0.928 bits per heavy atom. The maximum atomic E-state index is 14.4. The van der Waals surface area contributed by atoms with E-state index < -0.39 is 169 Å². The van der Waals surface area contributed by atoms with Crippen LogP contribution in [-0.2, 0) is 70.4 Å². The molecule has 0 spiro atoms. The fraction of sp³-hybridized carbons (Fsp3) is 0.556. The molecule has 18 N–H and O–H groups in total. The maximum absolute atomic E-state index is 14.4. The van der Waals surface area contributed by atoms with E-state index in [0.29, 0.717) is 11.1 Å². The minimum absolute atomic E-state index is 0.0130. The largest absolute Gasteiger partial charge is 0.508 e. The second-order valence-corrected chi connectivity index (χ2v) is 22.0. The number of aliphatic carboxylic acids is 2. The van der Waals surface area contributed by atoms with Gasteiger partial charge in [-0.2, -0.15) is 11.8 Å². The van der Waals surface area contributed by atoms with E-state index in [1.807, 2.05) is 19.2 Å². The van der Waals surface area contributed by atoms with Crippen molar-refractivity contribution in [1.82, 2.24) is 47.9 Å². The number of benzene rings is 2. The highest BCUT2D eigenvalue weighted by atomic mass is 32.2. The number of hydrogen-bond acceptors (Lipinski definition) is 17. The average molecular weight is 1190 g/mol. The Morgan fingerprint density at radius 1 is 0.518 bits per heavy atom. The number of carboxylic acids is 2. The van der Waals surface area contributed by atoms with E-state index in [1.54, 1.807) is 34.0 Å². The fourth-order valence-corrected chi connectivity index (χ4v) is 8.52. The molecule has 83 heavy (non-hydrogen) atoms. The van der Waals surface area contributed by atoms with Crippen molar-refractivity contribution in [3.8, 4) is 11.5 Å². The van der Waals surface area contributed by atoms with Crippen LogP contribution in [0.4, 0.5) is 0 Å². The number of nitrogens with one attached hydrogen (secondary N) is 9. The summed E-state index contributed by atoms with van der Waals surface area (Å²) < 4.78 is 0. The zero-order chi connectivity index (χ0) is 62.8. The van der Waals surface area contributed by atoms with E-state index in [4.69, 9.17) is 11.5 Å². The summed E-state index contributed by atoms with van der Waals surface area (Å²) in [5, 5.41) is 71.3. The molecule has 0 saturated carbocycles. The summed E-state index contributed by atoms with van der Waals surface area (Å²) in [6, 6.07) is -1.84. The molecule has 0 heterocycles. The number of aliphatic hydroxyl groups excluding tert-OH is 1. The molecular formula is C54H81N11O17S. The number of aliphatic hydroxyl groups is 1. The van der Waals surface area contributed by atoms with Crippen molar-refractivity contribution < 1.29 is 83.1 Å². The zero-order valence-electron chi connectivity index (χ0n) is 47.7. The topological polar surface area (TPSA) is 466 Å². The number of rotatable bonds is 36. The van der Waals surface area contributed by atoms with Crippen LogP contribution in [0.2, 0.25) is 0 Å². The van der Waals surface area contributed by atoms with E-state index in [0.717, 1.165) is 6.92 Å². The molecule has 0 aliphatic heterocycles. The minimum atomic E-state index is -1.72. The van der Waals surface area contributed by atoms with Crippen molar-refractivity contribution in [2.24, 2.45) is 29.2 Å². The average Bonchev–Trinajstić information content (AvgIpc) is 3.46. The lowest BCUT2D eigenvalue weighted by atomic mass is 9.99. The number of phenolic OH excluding ortho intramolecular Hbond substituents is 2. The smallest absolute Gasteiger partial charge is 0.326 e. The van der Waals surface area contributed by atoms with E-state index in [2.05, 4.69) is 42.5 Å². The van der Waals surface area contributed by atoms with Gasteiger partial charge < -0.3 is 84.9 Å². The summed E-state index contributed by atoms with van der Waals surface area (Å²) in [5.41, 5.74) is 12.1. The maximum Gasteiger partial charge on any atom is 0.326 e. The molecule has 460 valence electrons. The van der Waals surface area contributed by atoms with Crippen LogP contribution in [0.1, 0.15) is 91.7 Å². The Bertz CT molecular complexity index is 2570. The van der Waals surface area contributed by atoms with Gasteiger partial charge in [0.2, 0.25) is 59.1 Å². The number of nitrogens with two attached hydrogens (primary N) is 2. The Balaban J connectivity index is 2.43. The molecule has 0 saturated heterocycles. The molecule has 0 aromatic heterocycles. The van der Waals surface area contributed by atoms with Gasteiger partial charge in [0.15, 0.2) is 0 Å². The van der Waals surface area contributed by atoms with Gasteiger partial charge in [-0.05, 0) is 91.3 Å². The van der Waals surface area contributed by atoms with Crippen LogP contribution in [0.3, 0.4) is 0 Å². The van der Waals surface area contributed by atoms with E-state index in [-0.39, 0.29) is 48.9 Å². The second kappa shape index (κ2) is 35.1. The van der Waals surface area contributed by atoms with Crippen LogP contribution in [0.25, 0.3) is 0 Å². The van der Waals surface area contributed by atoms with Gasteiger partial charge in [-0.25, -0.2) is 4.79 Å². The number of amides is 10. The summed E-state index contributed by atoms with van der Waals surface area (Å²) in [7, 11) is 0. The molecule has 10 atom stereocenters. The van der Waals surface area contributed by atoms with Gasteiger partial charge in [-0.15, -0.1) is 0 Å². The molecule has 0 fully saturated rings. The van der Waals surface area contributed by atoms with Crippen molar-refractivity contribution >= 4 is 82.8 Å². The first kappa shape index (κ1) is 71.1. The molecule has 10 amide bonds. The Labute approximate surface area is 484 Å². The van der Waals surface area contributed by atoms with Gasteiger partial charge in [0.25, 0.3) is 0 Å². The molecule has 0 radical (unpaired) electrons.